The number of carbonyl (C=O) groups is 1. The summed E-state index contributed by atoms with van der Waals surface area (Å²) in [4.78, 5) is 22.4. The van der Waals surface area contributed by atoms with Gasteiger partial charge in [0.1, 0.15) is 17.9 Å². The van der Waals surface area contributed by atoms with Crippen molar-refractivity contribution >= 4 is 36.0 Å². The molecule has 0 unspecified atom stereocenters. The van der Waals surface area contributed by atoms with Crippen molar-refractivity contribution in [2.45, 2.75) is 59.7 Å². The summed E-state index contributed by atoms with van der Waals surface area (Å²) in [5, 5.41) is 6.50. The van der Waals surface area contributed by atoms with Gasteiger partial charge in [-0.1, -0.05) is 0 Å². The topological polar surface area (TPSA) is 92.0 Å². The number of aromatic nitrogens is 1. The highest BCUT2D eigenvalue weighted by atomic mass is 127. The van der Waals surface area contributed by atoms with Crippen molar-refractivity contribution in [3.63, 3.8) is 0 Å². The van der Waals surface area contributed by atoms with Crippen LogP contribution in [0.2, 0.25) is 0 Å². The SMILES string of the molecule is CCNC(=NCc1nc(C)c(C)o1)NC1CN(C(=O)OC(C)(C)C)C1.I. The lowest BCUT2D eigenvalue weighted by molar-refractivity contribution is 0.00701. The molecule has 0 bridgehead atoms. The predicted molar refractivity (Wildman–Crippen MR) is 111 cm³/mol. The number of nitrogens with one attached hydrogen (secondary N) is 2. The molecule has 0 spiro atoms. The van der Waals surface area contributed by atoms with Gasteiger partial charge in [0, 0.05) is 19.6 Å². The van der Waals surface area contributed by atoms with Crippen molar-refractivity contribution in [2.24, 2.45) is 4.99 Å². The van der Waals surface area contributed by atoms with E-state index in [4.69, 9.17) is 9.15 Å². The van der Waals surface area contributed by atoms with Crippen LogP contribution in [0, 0.1) is 13.8 Å². The Bertz CT molecular complexity index is 613. The van der Waals surface area contributed by atoms with Gasteiger partial charge in [-0.25, -0.2) is 14.8 Å². The van der Waals surface area contributed by atoms with Crippen LogP contribution in [0.1, 0.15) is 45.0 Å². The van der Waals surface area contributed by atoms with E-state index in [1.165, 1.54) is 0 Å². The number of oxazole rings is 1. The Balaban J connectivity index is 0.00000338. The standard InChI is InChI=1S/C17H29N5O3.HI/c1-7-18-15(19-8-14-20-11(2)12(3)24-14)21-13-9-22(10-13)16(23)25-17(4,5)6;/h13H,7-10H2,1-6H3,(H2,18,19,21);1H. The smallest absolute Gasteiger partial charge is 0.410 e. The van der Waals surface area contributed by atoms with Crippen molar-refractivity contribution in [2.75, 3.05) is 19.6 Å². The van der Waals surface area contributed by atoms with Gasteiger partial charge in [-0.15, -0.1) is 24.0 Å². The second kappa shape index (κ2) is 9.43. The van der Waals surface area contributed by atoms with Gasteiger partial charge in [0.25, 0.3) is 0 Å². The van der Waals surface area contributed by atoms with Gasteiger partial charge in [-0.3, -0.25) is 0 Å². The van der Waals surface area contributed by atoms with E-state index in [0.29, 0.717) is 31.5 Å². The normalized spacial score (nSPS) is 15.2. The van der Waals surface area contributed by atoms with E-state index >= 15 is 0 Å². The van der Waals surface area contributed by atoms with E-state index in [1.807, 2.05) is 41.5 Å². The highest BCUT2D eigenvalue weighted by Gasteiger charge is 2.34. The Kier molecular flexibility index (Phi) is 8.16. The first kappa shape index (κ1) is 22.5. The summed E-state index contributed by atoms with van der Waals surface area (Å²) in [7, 11) is 0. The number of amides is 1. The van der Waals surface area contributed by atoms with Crippen LogP contribution < -0.4 is 10.6 Å². The second-order valence-electron chi connectivity index (χ2n) is 7.17. The van der Waals surface area contributed by atoms with Gasteiger partial charge in [0.05, 0.1) is 11.7 Å². The van der Waals surface area contributed by atoms with Crippen LogP contribution in [0.4, 0.5) is 4.79 Å². The van der Waals surface area contributed by atoms with Crippen LogP contribution in [0.5, 0.6) is 0 Å². The number of likely N-dealkylation sites (tertiary alicyclic amines) is 1. The fraction of sp³-hybridized carbons (Fsp3) is 0.706. The largest absolute Gasteiger partial charge is 0.444 e. The number of carbonyl (C=O) groups excluding carboxylic acids is 1. The minimum Gasteiger partial charge on any atom is -0.444 e. The number of hydrogen-bond acceptors (Lipinski definition) is 5. The molecule has 0 aliphatic carbocycles. The van der Waals surface area contributed by atoms with Gasteiger partial charge >= 0.3 is 6.09 Å². The van der Waals surface area contributed by atoms with Crippen LogP contribution in [-0.4, -0.2) is 53.2 Å². The van der Waals surface area contributed by atoms with E-state index in [1.54, 1.807) is 4.90 Å². The molecule has 1 amide bonds. The molecule has 1 saturated heterocycles. The molecular weight excluding hydrogens is 449 g/mol. The molecule has 2 N–H and O–H groups in total. The number of halogens is 1. The average Bonchev–Trinajstić information content (AvgIpc) is 2.76. The Labute approximate surface area is 172 Å². The highest BCUT2D eigenvalue weighted by molar-refractivity contribution is 14.0. The average molecular weight is 479 g/mol. The summed E-state index contributed by atoms with van der Waals surface area (Å²) < 4.78 is 10.9. The summed E-state index contributed by atoms with van der Waals surface area (Å²) in [5.41, 5.74) is 0.410. The van der Waals surface area contributed by atoms with E-state index in [9.17, 15) is 4.79 Å². The van der Waals surface area contributed by atoms with Crippen molar-refractivity contribution in [3.8, 4) is 0 Å². The molecule has 0 radical (unpaired) electrons. The number of hydrogen-bond donors (Lipinski definition) is 2. The Morgan fingerprint density at radius 1 is 1.38 bits per heavy atom. The van der Waals surface area contributed by atoms with E-state index in [-0.39, 0.29) is 36.1 Å². The molecule has 26 heavy (non-hydrogen) atoms. The van der Waals surface area contributed by atoms with Gasteiger partial charge in [0.15, 0.2) is 5.96 Å². The first-order valence-corrected chi connectivity index (χ1v) is 8.63. The van der Waals surface area contributed by atoms with Crippen molar-refractivity contribution in [3.05, 3.63) is 17.3 Å². The lowest BCUT2D eigenvalue weighted by Crippen LogP contribution is -2.63. The molecular formula is C17H30IN5O3. The molecule has 8 nitrogen and oxygen atoms in total. The Morgan fingerprint density at radius 2 is 2.04 bits per heavy atom. The number of nitrogens with zero attached hydrogens (tertiary/aromatic N) is 3. The lowest BCUT2D eigenvalue weighted by Gasteiger charge is -2.40. The summed E-state index contributed by atoms with van der Waals surface area (Å²) in [6.45, 7) is 13.7. The van der Waals surface area contributed by atoms with Crippen LogP contribution in [-0.2, 0) is 11.3 Å². The molecule has 1 fully saturated rings. The monoisotopic (exact) mass is 479 g/mol. The molecule has 1 aromatic heterocycles. The predicted octanol–water partition coefficient (Wildman–Crippen LogP) is 2.58. The second-order valence-corrected chi connectivity index (χ2v) is 7.17. The molecule has 9 heteroatoms. The fourth-order valence-corrected chi connectivity index (χ4v) is 2.31. The Morgan fingerprint density at radius 3 is 2.54 bits per heavy atom. The van der Waals surface area contributed by atoms with Crippen LogP contribution in [0.3, 0.4) is 0 Å². The third-order valence-electron chi connectivity index (χ3n) is 3.66. The van der Waals surface area contributed by atoms with Gasteiger partial charge < -0.3 is 24.7 Å². The van der Waals surface area contributed by atoms with Gasteiger partial charge in [-0.2, -0.15) is 0 Å². The zero-order chi connectivity index (χ0) is 18.6. The highest BCUT2D eigenvalue weighted by Crippen LogP contribution is 2.15. The minimum absolute atomic E-state index is 0. The third kappa shape index (κ3) is 6.65. The summed E-state index contributed by atoms with van der Waals surface area (Å²) in [5.74, 6) is 2.09. The van der Waals surface area contributed by atoms with E-state index in [2.05, 4.69) is 20.6 Å². The lowest BCUT2D eigenvalue weighted by atomic mass is 10.1. The van der Waals surface area contributed by atoms with E-state index < -0.39 is 5.60 Å². The summed E-state index contributed by atoms with van der Waals surface area (Å²) >= 11 is 0. The van der Waals surface area contributed by atoms with Crippen molar-refractivity contribution in [1.29, 1.82) is 0 Å². The molecule has 148 valence electrons. The number of ether oxygens (including phenoxy) is 1. The zero-order valence-corrected chi connectivity index (χ0v) is 18.7. The summed E-state index contributed by atoms with van der Waals surface area (Å²) in [6, 6.07) is 0.151. The molecule has 0 atom stereocenters. The number of guanidine groups is 1. The molecule has 1 aliphatic rings. The molecule has 1 aliphatic heterocycles. The van der Waals surface area contributed by atoms with Crippen LogP contribution in [0.25, 0.3) is 0 Å². The number of aliphatic imine (C=N–C) groups is 1. The molecule has 0 saturated carbocycles. The molecule has 2 heterocycles. The minimum atomic E-state index is -0.474. The molecule has 2 rings (SSSR count). The number of aryl methyl sites for hydroxylation is 2. The van der Waals surface area contributed by atoms with Crippen molar-refractivity contribution in [1.82, 2.24) is 20.5 Å². The molecule has 1 aromatic rings. The number of rotatable bonds is 4. The first-order valence-electron chi connectivity index (χ1n) is 8.63. The Hall–Kier alpha value is -1.52. The third-order valence-corrected chi connectivity index (χ3v) is 3.66. The zero-order valence-electron chi connectivity index (χ0n) is 16.4. The van der Waals surface area contributed by atoms with Gasteiger partial charge in [0.2, 0.25) is 5.89 Å². The van der Waals surface area contributed by atoms with E-state index in [0.717, 1.165) is 18.0 Å². The maximum absolute atomic E-state index is 12.0. The van der Waals surface area contributed by atoms with Crippen LogP contribution >= 0.6 is 24.0 Å². The maximum atomic E-state index is 12.0. The van der Waals surface area contributed by atoms with Gasteiger partial charge in [-0.05, 0) is 41.5 Å². The fourth-order valence-electron chi connectivity index (χ4n) is 2.31. The first-order chi connectivity index (χ1) is 11.7. The quantitative estimate of drug-likeness (QED) is 0.392. The van der Waals surface area contributed by atoms with Crippen LogP contribution in [0.15, 0.2) is 9.41 Å². The maximum Gasteiger partial charge on any atom is 0.410 e. The summed E-state index contributed by atoms with van der Waals surface area (Å²) in [6.07, 6.45) is -0.279. The molecule has 0 aromatic carbocycles. The van der Waals surface area contributed by atoms with Crippen molar-refractivity contribution < 1.29 is 13.9 Å².